The first kappa shape index (κ1) is 23.3. The molecule has 37 heavy (non-hydrogen) atoms. The number of nitrogen functional groups attached to an aromatic ring is 1. The number of hydrogen-bond donors (Lipinski definition) is 3. The molecule has 2 aliphatic rings. The molecule has 0 saturated heterocycles. The topological polar surface area (TPSA) is 133 Å². The predicted molar refractivity (Wildman–Crippen MR) is 140 cm³/mol. The Morgan fingerprint density at radius 1 is 1.19 bits per heavy atom. The zero-order valence-corrected chi connectivity index (χ0v) is 20.8. The molecule has 6 rings (SSSR count). The number of H-pyrrole nitrogens is 1. The number of nitrogens with one attached hydrogen (secondary N) is 2. The van der Waals surface area contributed by atoms with Crippen LogP contribution in [0.15, 0.2) is 42.5 Å². The SMILES string of the molecule is CC(OC(=O)Nc1ccc(-c2c(N)c3ccc(OCCc4nn[nH]n4)cc3n2CC2CC2)cc1)C1CC1. The molecule has 2 aromatic heterocycles. The summed E-state index contributed by atoms with van der Waals surface area (Å²) in [5.74, 6) is 2.55. The highest BCUT2D eigenvalue weighted by molar-refractivity contribution is 6.01. The van der Waals surface area contributed by atoms with E-state index < -0.39 is 6.09 Å². The molecular formula is C27H31N7O3. The summed E-state index contributed by atoms with van der Waals surface area (Å²) < 4.78 is 13.8. The largest absolute Gasteiger partial charge is 0.493 e. The number of carbonyl (C=O) groups is 1. The molecule has 4 N–H and O–H groups in total. The van der Waals surface area contributed by atoms with Gasteiger partial charge in [0.05, 0.1) is 23.5 Å². The zero-order chi connectivity index (χ0) is 25.4. The summed E-state index contributed by atoms with van der Waals surface area (Å²) in [5.41, 5.74) is 11.2. The van der Waals surface area contributed by atoms with Crippen LogP contribution in [0.5, 0.6) is 5.75 Å². The van der Waals surface area contributed by atoms with Gasteiger partial charge < -0.3 is 19.8 Å². The fraction of sp³-hybridized carbons (Fsp3) is 0.407. The standard InChI is InChI=1S/C27H31N7O3/c1-16(18-4-5-18)37-27(35)29-20-8-6-19(7-9-20)26-25(28)22-11-10-21(36-13-12-24-30-32-33-31-24)14-23(22)34(26)15-17-2-3-17/h6-11,14,16-18H,2-5,12-13,15,28H2,1H3,(H,29,35)(H,30,31,32,33). The molecule has 192 valence electrons. The summed E-state index contributed by atoms with van der Waals surface area (Å²) in [7, 11) is 0. The van der Waals surface area contributed by atoms with Gasteiger partial charge in [0.2, 0.25) is 0 Å². The van der Waals surface area contributed by atoms with Crippen molar-refractivity contribution in [2.75, 3.05) is 17.7 Å². The Morgan fingerprint density at radius 3 is 2.70 bits per heavy atom. The van der Waals surface area contributed by atoms with E-state index in [0.29, 0.717) is 36.4 Å². The van der Waals surface area contributed by atoms with Gasteiger partial charge in [0.1, 0.15) is 11.9 Å². The number of ether oxygens (including phenoxy) is 2. The van der Waals surface area contributed by atoms with Crippen molar-refractivity contribution in [1.82, 2.24) is 25.2 Å². The minimum absolute atomic E-state index is 0.0509. The molecular weight excluding hydrogens is 470 g/mol. The molecule has 0 radical (unpaired) electrons. The van der Waals surface area contributed by atoms with Crippen LogP contribution in [0.3, 0.4) is 0 Å². The monoisotopic (exact) mass is 501 g/mol. The van der Waals surface area contributed by atoms with E-state index in [9.17, 15) is 4.79 Å². The molecule has 0 aliphatic heterocycles. The summed E-state index contributed by atoms with van der Waals surface area (Å²) >= 11 is 0. The third-order valence-corrected chi connectivity index (χ3v) is 7.18. The van der Waals surface area contributed by atoms with Crippen LogP contribution < -0.4 is 15.8 Å². The average molecular weight is 502 g/mol. The molecule has 0 bridgehead atoms. The van der Waals surface area contributed by atoms with E-state index in [0.717, 1.165) is 53.0 Å². The Morgan fingerprint density at radius 2 is 2.00 bits per heavy atom. The van der Waals surface area contributed by atoms with E-state index >= 15 is 0 Å². The van der Waals surface area contributed by atoms with Crippen molar-refractivity contribution in [3.63, 3.8) is 0 Å². The van der Waals surface area contributed by atoms with Crippen LogP contribution in [0.2, 0.25) is 0 Å². The Kier molecular flexibility index (Phi) is 6.15. The van der Waals surface area contributed by atoms with Gasteiger partial charge >= 0.3 is 6.09 Å². The van der Waals surface area contributed by atoms with Crippen LogP contribution in [0.4, 0.5) is 16.2 Å². The van der Waals surface area contributed by atoms with Gasteiger partial charge in [-0.05, 0) is 68.7 Å². The highest BCUT2D eigenvalue weighted by atomic mass is 16.6. The van der Waals surface area contributed by atoms with Crippen molar-refractivity contribution in [2.24, 2.45) is 11.8 Å². The van der Waals surface area contributed by atoms with Gasteiger partial charge in [-0.25, -0.2) is 4.79 Å². The maximum Gasteiger partial charge on any atom is 0.411 e. The fourth-order valence-electron chi connectivity index (χ4n) is 4.74. The molecule has 0 spiro atoms. The number of aromatic nitrogens is 5. The summed E-state index contributed by atoms with van der Waals surface area (Å²) in [6, 6.07) is 13.8. The van der Waals surface area contributed by atoms with Gasteiger partial charge in [0, 0.05) is 35.7 Å². The van der Waals surface area contributed by atoms with Crippen LogP contribution >= 0.6 is 0 Å². The summed E-state index contributed by atoms with van der Waals surface area (Å²) in [5, 5.41) is 17.8. The highest BCUT2D eigenvalue weighted by Crippen LogP contribution is 2.41. The number of nitrogens with zero attached hydrogens (tertiary/aromatic N) is 4. The lowest BCUT2D eigenvalue weighted by atomic mass is 10.1. The third kappa shape index (κ3) is 5.23. The normalized spacial score (nSPS) is 16.0. The fourth-order valence-corrected chi connectivity index (χ4v) is 4.74. The van der Waals surface area contributed by atoms with Crippen LogP contribution in [-0.2, 0) is 17.7 Å². The number of benzene rings is 2. The van der Waals surface area contributed by atoms with Crippen LogP contribution in [-0.4, -0.2) is 44.0 Å². The lowest BCUT2D eigenvalue weighted by Gasteiger charge is -2.14. The molecule has 10 nitrogen and oxygen atoms in total. The van der Waals surface area contributed by atoms with Crippen molar-refractivity contribution in [3.8, 4) is 17.0 Å². The molecule has 1 atom stereocenters. The zero-order valence-electron chi connectivity index (χ0n) is 20.8. The van der Waals surface area contributed by atoms with Crippen molar-refractivity contribution < 1.29 is 14.3 Å². The van der Waals surface area contributed by atoms with E-state index in [1.165, 1.54) is 12.8 Å². The number of fused-ring (bicyclic) bond motifs is 1. The van der Waals surface area contributed by atoms with E-state index in [2.05, 4.69) is 36.6 Å². The first-order valence-electron chi connectivity index (χ1n) is 12.9. The number of carbonyl (C=O) groups excluding carboxylic acids is 1. The van der Waals surface area contributed by atoms with Crippen molar-refractivity contribution in [3.05, 3.63) is 48.3 Å². The van der Waals surface area contributed by atoms with Gasteiger partial charge in [-0.15, -0.1) is 10.2 Å². The number of nitrogens with two attached hydrogens (primary N) is 1. The molecule has 2 fully saturated rings. The van der Waals surface area contributed by atoms with E-state index in [1.807, 2.05) is 43.3 Å². The van der Waals surface area contributed by atoms with Gasteiger partial charge in [-0.2, -0.15) is 5.21 Å². The number of anilines is 2. The van der Waals surface area contributed by atoms with E-state index in [1.54, 1.807) is 0 Å². The highest BCUT2D eigenvalue weighted by Gasteiger charge is 2.30. The van der Waals surface area contributed by atoms with Gasteiger partial charge in [0.25, 0.3) is 0 Å². The maximum atomic E-state index is 12.3. The minimum Gasteiger partial charge on any atom is -0.493 e. The van der Waals surface area contributed by atoms with Crippen molar-refractivity contribution >= 4 is 28.4 Å². The van der Waals surface area contributed by atoms with E-state index in [4.69, 9.17) is 15.2 Å². The lowest BCUT2D eigenvalue weighted by molar-refractivity contribution is 0.108. The second kappa shape index (κ2) is 9.76. The van der Waals surface area contributed by atoms with Gasteiger partial charge in [-0.3, -0.25) is 5.32 Å². The molecule has 1 unspecified atom stereocenters. The Balaban J connectivity index is 1.23. The van der Waals surface area contributed by atoms with Crippen molar-refractivity contribution in [1.29, 1.82) is 0 Å². The minimum atomic E-state index is -0.415. The Labute approximate surface area is 214 Å². The van der Waals surface area contributed by atoms with Crippen molar-refractivity contribution in [2.45, 2.75) is 51.7 Å². The lowest BCUT2D eigenvalue weighted by Crippen LogP contribution is -2.21. The number of hydrogen-bond acceptors (Lipinski definition) is 7. The number of aromatic amines is 1. The number of amides is 1. The smallest absolute Gasteiger partial charge is 0.411 e. The molecule has 10 heteroatoms. The predicted octanol–water partition coefficient (Wildman–Crippen LogP) is 4.78. The van der Waals surface area contributed by atoms with Crippen LogP contribution in [0.1, 0.15) is 38.4 Å². The second-order valence-corrected chi connectivity index (χ2v) is 10.1. The average Bonchev–Trinajstić information content (AvgIpc) is 3.82. The molecule has 2 aliphatic carbocycles. The molecule has 4 aromatic rings. The summed E-state index contributed by atoms with van der Waals surface area (Å²) in [6.45, 7) is 3.31. The third-order valence-electron chi connectivity index (χ3n) is 7.18. The van der Waals surface area contributed by atoms with E-state index in [-0.39, 0.29) is 6.10 Å². The van der Waals surface area contributed by atoms with Crippen LogP contribution in [0.25, 0.3) is 22.2 Å². The Hall–Kier alpha value is -4.08. The first-order valence-corrected chi connectivity index (χ1v) is 12.9. The molecule has 2 aromatic carbocycles. The van der Waals surface area contributed by atoms with Crippen LogP contribution in [0, 0.1) is 11.8 Å². The Bertz CT molecular complexity index is 1390. The molecule has 2 heterocycles. The quantitative estimate of drug-likeness (QED) is 0.285. The number of tetrazole rings is 1. The summed E-state index contributed by atoms with van der Waals surface area (Å²) in [6.07, 6.45) is 4.82. The van der Waals surface area contributed by atoms with Gasteiger partial charge in [0.15, 0.2) is 5.82 Å². The maximum absolute atomic E-state index is 12.3. The molecule has 1 amide bonds. The summed E-state index contributed by atoms with van der Waals surface area (Å²) in [4.78, 5) is 12.3. The number of rotatable bonds is 10. The van der Waals surface area contributed by atoms with Gasteiger partial charge in [-0.1, -0.05) is 17.3 Å². The second-order valence-electron chi connectivity index (χ2n) is 10.1. The molecule has 2 saturated carbocycles. The first-order chi connectivity index (χ1) is 18.0.